The van der Waals surface area contributed by atoms with Crippen LogP contribution in [0.3, 0.4) is 0 Å². The monoisotopic (exact) mass is 190 g/mol. The molecule has 0 bridgehead atoms. The summed E-state index contributed by atoms with van der Waals surface area (Å²) in [6.45, 7) is 4.08. The van der Waals surface area contributed by atoms with E-state index >= 15 is 0 Å². The van der Waals surface area contributed by atoms with E-state index in [1.807, 2.05) is 25.1 Å². The zero-order valence-electron chi connectivity index (χ0n) is 8.70. The highest BCUT2D eigenvalue weighted by Gasteiger charge is 2.33. The summed E-state index contributed by atoms with van der Waals surface area (Å²) in [5.41, 5.74) is 1.99. The van der Waals surface area contributed by atoms with Crippen LogP contribution in [0, 0.1) is 5.92 Å². The van der Waals surface area contributed by atoms with Crippen molar-refractivity contribution in [3.05, 3.63) is 29.3 Å². The molecule has 0 saturated heterocycles. The highest BCUT2D eigenvalue weighted by molar-refractivity contribution is 6.03. The third-order valence-electron chi connectivity index (χ3n) is 3.18. The first-order valence-corrected chi connectivity index (χ1v) is 4.87. The van der Waals surface area contributed by atoms with E-state index in [2.05, 4.69) is 6.92 Å². The van der Waals surface area contributed by atoms with Crippen molar-refractivity contribution in [2.75, 3.05) is 7.11 Å². The van der Waals surface area contributed by atoms with E-state index in [-0.39, 0.29) is 11.7 Å². The third-order valence-corrected chi connectivity index (χ3v) is 3.18. The van der Waals surface area contributed by atoms with Crippen LogP contribution in [-0.4, -0.2) is 12.9 Å². The second-order valence-electron chi connectivity index (χ2n) is 3.89. The van der Waals surface area contributed by atoms with Crippen molar-refractivity contribution in [1.29, 1.82) is 0 Å². The van der Waals surface area contributed by atoms with Crippen molar-refractivity contribution in [3.63, 3.8) is 0 Å². The van der Waals surface area contributed by atoms with E-state index in [1.54, 1.807) is 7.11 Å². The van der Waals surface area contributed by atoms with E-state index in [0.717, 1.165) is 16.9 Å². The Morgan fingerprint density at radius 2 is 1.93 bits per heavy atom. The molecule has 14 heavy (non-hydrogen) atoms. The second kappa shape index (κ2) is 3.12. The number of methoxy groups -OCH3 is 1. The van der Waals surface area contributed by atoms with Gasteiger partial charge in [-0.1, -0.05) is 19.9 Å². The summed E-state index contributed by atoms with van der Waals surface area (Å²) in [5, 5.41) is 0. The van der Waals surface area contributed by atoms with E-state index in [1.165, 1.54) is 0 Å². The number of fused-ring (bicyclic) bond motifs is 1. The molecule has 1 aromatic rings. The molecule has 2 unspecified atom stereocenters. The first-order valence-electron chi connectivity index (χ1n) is 4.87. The van der Waals surface area contributed by atoms with Crippen LogP contribution < -0.4 is 4.74 Å². The predicted octanol–water partition coefficient (Wildman–Crippen LogP) is 2.63. The topological polar surface area (TPSA) is 26.3 Å². The zero-order valence-corrected chi connectivity index (χ0v) is 8.70. The molecule has 0 amide bonds. The van der Waals surface area contributed by atoms with Gasteiger partial charge < -0.3 is 4.74 Å². The van der Waals surface area contributed by atoms with Gasteiger partial charge in [-0.25, -0.2) is 0 Å². The fraction of sp³-hybridized carbons (Fsp3) is 0.417. The summed E-state index contributed by atoms with van der Waals surface area (Å²) in [6, 6.07) is 5.76. The second-order valence-corrected chi connectivity index (χ2v) is 3.89. The Bertz CT molecular complexity index is 382. The molecule has 1 aromatic carbocycles. The molecule has 0 aromatic heterocycles. The molecule has 2 nitrogen and oxygen atoms in total. The van der Waals surface area contributed by atoms with Gasteiger partial charge in [0, 0.05) is 11.5 Å². The number of ether oxygens (including phenoxy) is 1. The summed E-state index contributed by atoms with van der Waals surface area (Å²) in [5.74, 6) is 1.45. The minimum Gasteiger partial charge on any atom is -0.497 e. The van der Waals surface area contributed by atoms with Gasteiger partial charge in [0.1, 0.15) is 5.75 Å². The normalized spacial score (nSPS) is 24.9. The van der Waals surface area contributed by atoms with Crippen LogP contribution in [0.5, 0.6) is 5.75 Å². The smallest absolute Gasteiger partial charge is 0.166 e. The SMILES string of the molecule is COc1ccc2c(c1)C(=O)C(C)C2C. The summed E-state index contributed by atoms with van der Waals surface area (Å²) in [6.07, 6.45) is 0. The number of ketones is 1. The molecule has 0 N–H and O–H groups in total. The molecule has 0 spiro atoms. The Hall–Kier alpha value is -1.31. The minimum absolute atomic E-state index is 0.108. The van der Waals surface area contributed by atoms with Gasteiger partial charge >= 0.3 is 0 Å². The number of Topliss-reactive ketones (excluding diaryl/α,β-unsaturated/α-hetero) is 1. The van der Waals surface area contributed by atoms with Gasteiger partial charge in [0.05, 0.1) is 7.11 Å². The zero-order chi connectivity index (χ0) is 10.3. The van der Waals surface area contributed by atoms with Gasteiger partial charge in [-0.15, -0.1) is 0 Å². The molecule has 2 atom stereocenters. The number of hydrogen-bond acceptors (Lipinski definition) is 2. The average Bonchev–Trinajstić information content (AvgIpc) is 2.44. The van der Waals surface area contributed by atoms with Gasteiger partial charge in [-0.05, 0) is 23.6 Å². The third kappa shape index (κ3) is 1.14. The molecule has 0 radical (unpaired) electrons. The predicted molar refractivity (Wildman–Crippen MR) is 54.9 cm³/mol. The lowest BCUT2D eigenvalue weighted by atomic mass is 9.96. The summed E-state index contributed by atoms with van der Waals surface area (Å²) in [4.78, 5) is 11.8. The van der Waals surface area contributed by atoms with Gasteiger partial charge in [0.25, 0.3) is 0 Å². The van der Waals surface area contributed by atoms with Crippen molar-refractivity contribution < 1.29 is 9.53 Å². The molecule has 0 fully saturated rings. The maximum Gasteiger partial charge on any atom is 0.166 e. The van der Waals surface area contributed by atoms with E-state index < -0.39 is 0 Å². The van der Waals surface area contributed by atoms with Crippen molar-refractivity contribution in [2.45, 2.75) is 19.8 Å². The Labute approximate surface area is 83.9 Å². The lowest BCUT2D eigenvalue weighted by Crippen LogP contribution is -2.06. The number of hydrogen-bond donors (Lipinski definition) is 0. The Morgan fingerprint density at radius 1 is 1.21 bits per heavy atom. The largest absolute Gasteiger partial charge is 0.497 e. The van der Waals surface area contributed by atoms with Crippen LogP contribution in [-0.2, 0) is 0 Å². The van der Waals surface area contributed by atoms with E-state index in [4.69, 9.17) is 4.74 Å². The fourth-order valence-electron chi connectivity index (χ4n) is 2.01. The Kier molecular flexibility index (Phi) is 2.06. The number of carbonyl (C=O) groups is 1. The molecular formula is C12H14O2. The lowest BCUT2D eigenvalue weighted by Gasteiger charge is -2.07. The molecule has 1 aliphatic rings. The van der Waals surface area contributed by atoms with Gasteiger partial charge in [-0.2, -0.15) is 0 Å². The van der Waals surface area contributed by atoms with E-state index in [0.29, 0.717) is 5.92 Å². The Morgan fingerprint density at radius 3 is 2.57 bits per heavy atom. The van der Waals surface area contributed by atoms with Crippen molar-refractivity contribution in [1.82, 2.24) is 0 Å². The van der Waals surface area contributed by atoms with Crippen molar-refractivity contribution in [3.8, 4) is 5.75 Å². The summed E-state index contributed by atoms with van der Waals surface area (Å²) in [7, 11) is 1.62. The highest BCUT2D eigenvalue weighted by Crippen LogP contribution is 2.38. The minimum atomic E-state index is 0.108. The first-order chi connectivity index (χ1) is 6.65. The van der Waals surface area contributed by atoms with E-state index in [9.17, 15) is 4.79 Å². The standard InChI is InChI=1S/C12H14O2/c1-7-8(2)12(13)11-6-9(14-3)4-5-10(7)11/h4-8H,1-3H3. The number of benzene rings is 1. The van der Waals surface area contributed by atoms with Crippen LogP contribution >= 0.6 is 0 Å². The maximum atomic E-state index is 11.8. The molecule has 0 saturated carbocycles. The molecular weight excluding hydrogens is 176 g/mol. The molecule has 1 aliphatic carbocycles. The number of carbonyl (C=O) groups excluding carboxylic acids is 1. The van der Waals surface area contributed by atoms with Crippen LogP contribution in [0.4, 0.5) is 0 Å². The maximum absolute atomic E-state index is 11.8. The van der Waals surface area contributed by atoms with Crippen molar-refractivity contribution >= 4 is 5.78 Å². The lowest BCUT2D eigenvalue weighted by molar-refractivity contribution is 0.0936. The van der Waals surface area contributed by atoms with Crippen LogP contribution in [0.15, 0.2) is 18.2 Å². The highest BCUT2D eigenvalue weighted by atomic mass is 16.5. The van der Waals surface area contributed by atoms with Gasteiger partial charge in [0.2, 0.25) is 0 Å². The van der Waals surface area contributed by atoms with Gasteiger partial charge in [0.15, 0.2) is 5.78 Å². The molecule has 0 aliphatic heterocycles. The Balaban J connectivity index is 2.53. The summed E-state index contributed by atoms with van der Waals surface area (Å²) >= 11 is 0. The molecule has 2 heteroatoms. The number of rotatable bonds is 1. The molecule has 0 heterocycles. The molecule has 74 valence electrons. The quantitative estimate of drug-likeness (QED) is 0.680. The van der Waals surface area contributed by atoms with Crippen molar-refractivity contribution in [2.24, 2.45) is 5.92 Å². The average molecular weight is 190 g/mol. The van der Waals surface area contributed by atoms with Crippen LogP contribution in [0.25, 0.3) is 0 Å². The molecule has 2 rings (SSSR count). The summed E-state index contributed by atoms with van der Waals surface area (Å²) < 4.78 is 5.11. The first kappa shape index (κ1) is 9.25. The van der Waals surface area contributed by atoms with Crippen LogP contribution in [0.2, 0.25) is 0 Å². The van der Waals surface area contributed by atoms with Crippen LogP contribution in [0.1, 0.15) is 35.7 Å². The van der Waals surface area contributed by atoms with Gasteiger partial charge in [-0.3, -0.25) is 4.79 Å². The fourth-order valence-corrected chi connectivity index (χ4v) is 2.01.